The maximum Gasteiger partial charge on any atom is 0.347 e. The minimum Gasteiger partial charge on any atom is -0.308 e. The summed E-state index contributed by atoms with van der Waals surface area (Å²) in [4.78, 5) is 26.5. The van der Waals surface area contributed by atoms with Crippen LogP contribution >= 0.6 is 0 Å². The number of H-pyrrole nitrogens is 1. The predicted octanol–water partition coefficient (Wildman–Crippen LogP) is 0.167. The monoisotopic (exact) mass is 247 g/mol. The third-order valence-electron chi connectivity index (χ3n) is 2.38. The fourth-order valence-electron chi connectivity index (χ4n) is 1.45. The molecule has 2 aromatic rings. The molecule has 94 valence electrons. The highest BCUT2D eigenvalue weighted by molar-refractivity contribution is 5.89. The lowest BCUT2D eigenvalue weighted by atomic mass is 10.3. The topological polar surface area (TPSA) is 92.7 Å². The van der Waals surface area contributed by atoms with E-state index in [9.17, 15) is 9.59 Å². The first-order chi connectivity index (χ1) is 8.69. The summed E-state index contributed by atoms with van der Waals surface area (Å²) in [5.74, 6) is 0.132. The summed E-state index contributed by atoms with van der Waals surface area (Å²) in [7, 11) is 0. The van der Waals surface area contributed by atoms with Crippen LogP contribution in [0.1, 0.15) is 12.6 Å². The first-order valence-electron chi connectivity index (χ1n) is 5.54. The maximum atomic E-state index is 11.7. The van der Waals surface area contributed by atoms with Crippen molar-refractivity contribution in [3.8, 4) is 0 Å². The molecule has 7 nitrogen and oxygen atoms in total. The molecule has 18 heavy (non-hydrogen) atoms. The molecule has 7 heteroatoms. The van der Waals surface area contributed by atoms with Crippen molar-refractivity contribution in [3.05, 3.63) is 40.7 Å². The van der Waals surface area contributed by atoms with E-state index >= 15 is 0 Å². The molecule has 2 heterocycles. The Balaban J connectivity index is 2.01. The number of carbonyl (C=O) groups is 1. The number of rotatable bonds is 4. The van der Waals surface area contributed by atoms with Gasteiger partial charge in [0.25, 0.3) is 0 Å². The van der Waals surface area contributed by atoms with Crippen molar-refractivity contribution in [1.82, 2.24) is 19.7 Å². The van der Waals surface area contributed by atoms with Gasteiger partial charge in [-0.05, 0) is 12.5 Å². The van der Waals surface area contributed by atoms with Gasteiger partial charge < -0.3 is 5.32 Å². The third kappa shape index (κ3) is 2.82. The van der Waals surface area contributed by atoms with Gasteiger partial charge >= 0.3 is 5.69 Å². The van der Waals surface area contributed by atoms with Crippen LogP contribution in [0.5, 0.6) is 0 Å². The second kappa shape index (κ2) is 5.26. The summed E-state index contributed by atoms with van der Waals surface area (Å²) < 4.78 is 1.22. The van der Waals surface area contributed by atoms with E-state index in [1.54, 1.807) is 12.1 Å². The Labute approximate surface area is 103 Å². The number of aromatic amines is 1. The van der Waals surface area contributed by atoms with Crippen LogP contribution in [-0.2, 0) is 17.8 Å². The first kappa shape index (κ1) is 12.0. The Hall–Kier alpha value is -2.44. The zero-order chi connectivity index (χ0) is 13.0. The van der Waals surface area contributed by atoms with E-state index < -0.39 is 5.69 Å². The smallest absolute Gasteiger partial charge is 0.308 e. The molecule has 0 spiro atoms. The number of nitrogens with zero attached hydrogens (tertiary/aromatic N) is 3. The molecule has 0 bridgehead atoms. The molecule has 2 N–H and O–H groups in total. The van der Waals surface area contributed by atoms with E-state index in [0.29, 0.717) is 5.82 Å². The molecule has 0 radical (unpaired) electrons. The minimum atomic E-state index is -0.455. The molecule has 1 amide bonds. The van der Waals surface area contributed by atoms with Gasteiger partial charge in [0.2, 0.25) is 5.91 Å². The average molecular weight is 247 g/mol. The van der Waals surface area contributed by atoms with E-state index in [4.69, 9.17) is 0 Å². The number of nitrogens with one attached hydrogen (secondary N) is 2. The summed E-state index contributed by atoms with van der Waals surface area (Å²) in [5.41, 5.74) is 0.479. The van der Waals surface area contributed by atoms with Crippen LogP contribution in [0.15, 0.2) is 29.3 Å². The van der Waals surface area contributed by atoms with Crippen LogP contribution in [0.25, 0.3) is 0 Å². The highest BCUT2D eigenvalue weighted by Crippen LogP contribution is 2.05. The highest BCUT2D eigenvalue weighted by atomic mass is 16.2. The quantitative estimate of drug-likeness (QED) is 0.805. The van der Waals surface area contributed by atoms with Crippen molar-refractivity contribution in [3.63, 3.8) is 0 Å². The largest absolute Gasteiger partial charge is 0.347 e. The zero-order valence-corrected chi connectivity index (χ0v) is 9.88. The van der Waals surface area contributed by atoms with Gasteiger partial charge in [0.05, 0.1) is 0 Å². The first-order valence-corrected chi connectivity index (χ1v) is 5.54. The predicted molar refractivity (Wildman–Crippen MR) is 65.1 cm³/mol. The van der Waals surface area contributed by atoms with E-state index in [-0.39, 0.29) is 12.5 Å². The van der Waals surface area contributed by atoms with Crippen LogP contribution in [0.4, 0.5) is 5.82 Å². The lowest BCUT2D eigenvalue weighted by Crippen LogP contribution is -2.28. The summed E-state index contributed by atoms with van der Waals surface area (Å²) >= 11 is 0. The molecule has 0 fully saturated rings. The van der Waals surface area contributed by atoms with Crippen LogP contribution in [-0.4, -0.2) is 25.7 Å². The Morgan fingerprint density at radius 1 is 1.56 bits per heavy atom. The molecule has 0 aliphatic rings. The maximum absolute atomic E-state index is 11.7. The molecule has 0 aromatic carbocycles. The van der Waals surface area contributed by atoms with Gasteiger partial charge in [0, 0.05) is 24.2 Å². The molecule has 0 aliphatic carbocycles. The fraction of sp³-hybridized carbons (Fsp3) is 0.273. The lowest BCUT2D eigenvalue weighted by Gasteiger charge is -2.03. The molecule has 0 saturated carbocycles. The summed E-state index contributed by atoms with van der Waals surface area (Å²) in [6.45, 7) is 1.90. The SMILES string of the molecule is CCc1cc(NC(=O)Cn2cccnc2=O)n[nH]1. The van der Waals surface area contributed by atoms with Gasteiger partial charge in [-0.15, -0.1) is 0 Å². The summed E-state index contributed by atoms with van der Waals surface area (Å²) in [5, 5.41) is 9.33. The van der Waals surface area contributed by atoms with Gasteiger partial charge in [0.1, 0.15) is 6.54 Å². The Bertz CT molecular complexity index is 601. The standard InChI is InChI=1S/C11H13N5O2/c1-2-8-6-9(15-14-8)13-10(17)7-16-5-3-4-12-11(16)18/h3-6H,2,7H2,1H3,(H2,13,14,15,17). The number of carbonyl (C=O) groups excluding carboxylic acids is 1. The highest BCUT2D eigenvalue weighted by Gasteiger charge is 2.07. The van der Waals surface area contributed by atoms with Gasteiger partial charge in [0.15, 0.2) is 5.82 Å². The Morgan fingerprint density at radius 3 is 3.06 bits per heavy atom. The summed E-state index contributed by atoms with van der Waals surface area (Å²) in [6, 6.07) is 3.35. The average Bonchev–Trinajstić information content (AvgIpc) is 2.80. The minimum absolute atomic E-state index is 0.0823. The van der Waals surface area contributed by atoms with Crippen molar-refractivity contribution < 1.29 is 4.79 Å². The van der Waals surface area contributed by atoms with Crippen molar-refractivity contribution in [2.45, 2.75) is 19.9 Å². The van der Waals surface area contributed by atoms with E-state index in [1.165, 1.54) is 17.0 Å². The molecular weight excluding hydrogens is 234 g/mol. The van der Waals surface area contributed by atoms with Gasteiger partial charge in [-0.1, -0.05) is 6.92 Å². The molecule has 2 aromatic heterocycles. The number of hydrogen-bond donors (Lipinski definition) is 2. The van der Waals surface area contributed by atoms with Crippen molar-refractivity contribution >= 4 is 11.7 Å². The van der Waals surface area contributed by atoms with Gasteiger partial charge in [-0.25, -0.2) is 9.78 Å². The molecule has 0 aliphatic heterocycles. The zero-order valence-electron chi connectivity index (χ0n) is 9.88. The van der Waals surface area contributed by atoms with E-state index in [0.717, 1.165) is 12.1 Å². The number of aromatic nitrogens is 4. The van der Waals surface area contributed by atoms with Crippen molar-refractivity contribution in [1.29, 1.82) is 0 Å². The van der Waals surface area contributed by atoms with Crippen molar-refractivity contribution in [2.24, 2.45) is 0 Å². The second-order valence-corrected chi connectivity index (χ2v) is 3.71. The second-order valence-electron chi connectivity index (χ2n) is 3.71. The molecule has 0 atom stereocenters. The van der Waals surface area contributed by atoms with E-state index in [2.05, 4.69) is 20.5 Å². The van der Waals surface area contributed by atoms with Gasteiger partial charge in [-0.2, -0.15) is 5.10 Å². The van der Waals surface area contributed by atoms with Crippen molar-refractivity contribution in [2.75, 3.05) is 5.32 Å². The molecule has 0 saturated heterocycles. The normalized spacial score (nSPS) is 10.3. The molecular formula is C11H13N5O2. The van der Waals surface area contributed by atoms with Gasteiger partial charge in [-0.3, -0.25) is 14.5 Å². The van der Waals surface area contributed by atoms with Crippen LogP contribution < -0.4 is 11.0 Å². The summed E-state index contributed by atoms with van der Waals surface area (Å²) in [6.07, 6.45) is 3.71. The van der Waals surface area contributed by atoms with Crippen LogP contribution in [0.2, 0.25) is 0 Å². The van der Waals surface area contributed by atoms with Crippen LogP contribution in [0.3, 0.4) is 0 Å². The third-order valence-corrected chi connectivity index (χ3v) is 2.38. The number of amides is 1. The molecule has 2 rings (SSSR count). The Morgan fingerprint density at radius 2 is 2.39 bits per heavy atom. The Kier molecular flexibility index (Phi) is 3.52. The molecule has 0 unspecified atom stereocenters. The number of hydrogen-bond acceptors (Lipinski definition) is 4. The fourth-order valence-corrected chi connectivity index (χ4v) is 1.45. The van der Waals surface area contributed by atoms with E-state index in [1.807, 2.05) is 6.92 Å². The lowest BCUT2D eigenvalue weighted by molar-refractivity contribution is -0.116. The van der Waals surface area contributed by atoms with Crippen LogP contribution in [0, 0.1) is 0 Å². The number of anilines is 1. The number of aryl methyl sites for hydroxylation is 1.